The molecule has 0 aromatic heterocycles. The Kier molecular flexibility index (Phi) is 2.72. The van der Waals surface area contributed by atoms with E-state index in [1.165, 1.54) is 50.5 Å². The van der Waals surface area contributed by atoms with Crippen molar-refractivity contribution in [3.05, 3.63) is 22.8 Å². The van der Waals surface area contributed by atoms with Crippen LogP contribution >= 0.6 is 0 Å². The zero-order valence-electron chi connectivity index (χ0n) is 12.0. The summed E-state index contributed by atoms with van der Waals surface area (Å²) in [7, 11) is 0. The van der Waals surface area contributed by atoms with Gasteiger partial charge >= 0.3 is 0 Å². The van der Waals surface area contributed by atoms with Crippen LogP contribution in [-0.2, 0) is 4.79 Å². The molecule has 1 nitrogen and oxygen atoms in total. The molecule has 1 heteroatoms. The first-order valence-corrected chi connectivity index (χ1v) is 8.20. The Morgan fingerprint density at radius 2 is 2.00 bits per heavy atom. The fourth-order valence-electron chi connectivity index (χ4n) is 5.31. The predicted octanol–water partition coefficient (Wildman–Crippen LogP) is 4.44. The second-order valence-electron chi connectivity index (χ2n) is 7.22. The van der Waals surface area contributed by atoms with Gasteiger partial charge in [0.25, 0.3) is 0 Å². The van der Waals surface area contributed by atoms with E-state index in [1.54, 1.807) is 11.1 Å². The van der Waals surface area contributed by atoms with E-state index in [0.29, 0.717) is 5.78 Å². The van der Waals surface area contributed by atoms with Gasteiger partial charge in [0.1, 0.15) is 0 Å². The van der Waals surface area contributed by atoms with Crippen LogP contribution < -0.4 is 0 Å². The molecule has 0 amide bonds. The Morgan fingerprint density at radius 1 is 1.11 bits per heavy atom. The van der Waals surface area contributed by atoms with Gasteiger partial charge in [0.05, 0.1) is 0 Å². The lowest BCUT2D eigenvalue weighted by Crippen LogP contribution is -2.31. The third kappa shape index (κ3) is 1.77. The van der Waals surface area contributed by atoms with Crippen molar-refractivity contribution in [2.75, 3.05) is 0 Å². The van der Waals surface area contributed by atoms with Crippen molar-refractivity contribution in [2.24, 2.45) is 23.7 Å². The van der Waals surface area contributed by atoms with E-state index in [4.69, 9.17) is 0 Å². The second kappa shape index (κ2) is 4.33. The zero-order chi connectivity index (χ0) is 13.0. The maximum absolute atomic E-state index is 11.9. The van der Waals surface area contributed by atoms with Gasteiger partial charge < -0.3 is 0 Å². The first-order valence-electron chi connectivity index (χ1n) is 8.20. The molecule has 2 saturated carbocycles. The summed E-state index contributed by atoms with van der Waals surface area (Å²) in [6, 6.07) is 0. The molecule has 0 aromatic carbocycles. The lowest BCUT2D eigenvalue weighted by atomic mass is 9.62. The smallest absolute Gasteiger partial charge is 0.159 e. The van der Waals surface area contributed by atoms with Crippen LogP contribution in [0.25, 0.3) is 0 Å². The molecule has 102 valence electrons. The van der Waals surface area contributed by atoms with E-state index in [0.717, 1.165) is 24.2 Å². The van der Waals surface area contributed by atoms with Crippen LogP contribution in [0.3, 0.4) is 0 Å². The minimum atomic E-state index is 0.228. The molecule has 2 fully saturated rings. The van der Waals surface area contributed by atoms with Crippen LogP contribution in [-0.4, -0.2) is 5.78 Å². The van der Waals surface area contributed by atoms with Crippen molar-refractivity contribution >= 4 is 5.78 Å². The third-order valence-corrected chi connectivity index (χ3v) is 6.28. The van der Waals surface area contributed by atoms with E-state index >= 15 is 0 Å². The van der Waals surface area contributed by atoms with E-state index in [2.05, 4.69) is 6.92 Å². The topological polar surface area (TPSA) is 17.1 Å². The number of allylic oxidation sites excluding steroid dienone is 4. The van der Waals surface area contributed by atoms with Crippen LogP contribution in [0.5, 0.6) is 0 Å². The number of fused-ring (bicyclic) bond motifs is 4. The average molecular weight is 256 g/mol. The molecule has 0 N–H and O–H groups in total. The minimum Gasteiger partial charge on any atom is -0.295 e. The molecule has 0 radical (unpaired) electrons. The monoisotopic (exact) mass is 256 g/mol. The highest BCUT2D eigenvalue weighted by molar-refractivity contribution is 5.94. The second-order valence-corrected chi connectivity index (χ2v) is 7.22. The normalized spacial score (nSPS) is 41.5. The van der Waals surface area contributed by atoms with Gasteiger partial charge in [0, 0.05) is 5.92 Å². The molecular formula is C18H24O. The SMILES string of the molecule is CC1CC2=C3CC[C@@H]4CCC[C@H]4[C@@H]3CCC2=CC1=O. The summed E-state index contributed by atoms with van der Waals surface area (Å²) in [4.78, 5) is 11.9. The number of ketones is 1. The van der Waals surface area contributed by atoms with Crippen LogP contribution in [0.4, 0.5) is 0 Å². The first-order chi connectivity index (χ1) is 9.24. The highest BCUT2D eigenvalue weighted by Crippen LogP contribution is 2.54. The third-order valence-electron chi connectivity index (χ3n) is 6.28. The summed E-state index contributed by atoms with van der Waals surface area (Å²) in [6.45, 7) is 2.11. The van der Waals surface area contributed by atoms with Crippen molar-refractivity contribution in [1.29, 1.82) is 0 Å². The number of hydrogen-bond acceptors (Lipinski definition) is 1. The van der Waals surface area contributed by atoms with Gasteiger partial charge in [-0.3, -0.25) is 4.79 Å². The molecule has 19 heavy (non-hydrogen) atoms. The van der Waals surface area contributed by atoms with Gasteiger partial charge in [0.15, 0.2) is 5.78 Å². The van der Waals surface area contributed by atoms with Gasteiger partial charge in [0.2, 0.25) is 0 Å². The van der Waals surface area contributed by atoms with Crippen molar-refractivity contribution in [1.82, 2.24) is 0 Å². The van der Waals surface area contributed by atoms with E-state index in [9.17, 15) is 4.79 Å². The maximum Gasteiger partial charge on any atom is 0.159 e. The molecule has 0 spiro atoms. The molecule has 0 aliphatic heterocycles. The van der Waals surface area contributed by atoms with Gasteiger partial charge in [-0.15, -0.1) is 0 Å². The maximum atomic E-state index is 11.9. The summed E-state index contributed by atoms with van der Waals surface area (Å²) < 4.78 is 0. The summed E-state index contributed by atoms with van der Waals surface area (Å²) in [5, 5.41) is 0. The van der Waals surface area contributed by atoms with Crippen molar-refractivity contribution in [2.45, 2.75) is 58.3 Å². The van der Waals surface area contributed by atoms with Gasteiger partial charge in [-0.1, -0.05) is 25.3 Å². The van der Waals surface area contributed by atoms with Crippen LogP contribution in [0.15, 0.2) is 22.8 Å². The molecule has 4 atom stereocenters. The quantitative estimate of drug-likeness (QED) is 0.626. The minimum absolute atomic E-state index is 0.228. The summed E-state index contributed by atoms with van der Waals surface area (Å²) in [5.74, 6) is 3.50. The molecule has 0 heterocycles. The van der Waals surface area contributed by atoms with Gasteiger partial charge in [-0.2, -0.15) is 0 Å². The van der Waals surface area contributed by atoms with E-state index in [1.807, 2.05) is 6.08 Å². The Morgan fingerprint density at radius 3 is 2.89 bits per heavy atom. The fourth-order valence-corrected chi connectivity index (χ4v) is 5.31. The molecule has 0 bridgehead atoms. The Bertz CT molecular complexity index is 482. The molecule has 4 rings (SSSR count). The van der Waals surface area contributed by atoms with Gasteiger partial charge in [-0.25, -0.2) is 0 Å². The number of hydrogen-bond donors (Lipinski definition) is 0. The van der Waals surface area contributed by atoms with Crippen LogP contribution in [0.1, 0.15) is 58.3 Å². The van der Waals surface area contributed by atoms with Crippen molar-refractivity contribution in [3.8, 4) is 0 Å². The standard InChI is InChI=1S/C18H24O/c1-11-9-17-13(10-18(11)19)6-8-15-14-4-2-3-12(14)5-7-16(15)17/h10-12,14-15H,2-9H2,1H3/t11?,12-,14+,15-/m0/s1. The Balaban J connectivity index is 1.74. The van der Waals surface area contributed by atoms with Crippen LogP contribution in [0, 0.1) is 23.7 Å². The molecule has 0 saturated heterocycles. The number of rotatable bonds is 0. The average Bonchev–Trinajstić information content (AvgIpc) is 2.88. The highest BCUT2D eigenvalue weighted by atomic mass is 16.1. The molecule has 1 unspecified atom stereocenters. The Labute approximate surface area is 116 Å². The van der Waals surface area contributed by atoms with Gasteiger partial charge in [-0.05, 0) is 73.5 Å². The fraction of sp³-hybridized carbons (Fsp3) is 0.722. The number of carbonyl (C=O) groups excluding carboxylic acids is 1. The highest BCUT2D eigenvalue weighted by Gasteiger charge is 2.42. The first kappa shape index (κ1) is 11.9. The largest absolute Gasteiger partial charge is 0.295 e. The zero-order valence-corrected chi connectivity index (χ0v) is 12.0. The summed E-state index contributed by atoms with van der Waals surface area (Å²) in [5.41, 5.74) is 4.81. The van der Waals surface area contributed by atoms with Crippen molar-refractivity contribution in [3.63, 3.8) is 0 Å². The number of carbonyl (C=O) groups is 1. The molecule has 0 aromatic rings. The molecule has 4 aliphatic rings. The van der Waals surface area contributed by atoms with Crippen molar-refractivity contribution < 1.29 is 4.79 Å². The lowest BCUT2D eigenvalue weighted by molar-refractivity contribution is -0.118. The molecule has 4 aliphatic carbocycles. The van der Waals surface area contributed by atoms with E-state index in [-0.39, 0.29) is 5.92 Å². The Hall–Kier alpha value is -0.850. The molecular weight excluding hydrogens is 232 g/mol. The predicted molar refractivity (Wildman–Crippen MR) is 76.7 cm³/mol. The lowest BCUT2D eigenvalue weighted by Gasteiger charge is -2.42. The van der Waals surface area contributed by atoms with E-state index < -0.39 is 0 Å². The van der Waals surface area contributed by atoms with Crippen LogP contribution in [0.2, 0.25) is 0 Å². The summed E-state index contributed by atoms with van der Waals surface area (Å²) in [6.07, 6.45) is 12.7. The summed E-state index contributed by atoms with van der Waals surface area (Å²) >= 11 is 0.